The van der Waals surface area contributed by atoms with Crippen LogP contribution < -0.4 is 15.5 Å². The second-order valence-corrected chi connectivity index (χ2v) is 6.89. The summed E-state index contributed by atoms with van der Waals surface area (Å²) < 4.78 is 1.04. The van der Waals surface area contributed by atoms with Crippen LogP contribution in [0, 0.1) is 0 Å². The Labute approximate surface area is 151 Å². The molecular formula is C19H22BrN3O. The maximum Gasteiger partial charge on any atom is 0.226 e. The van der Waals surface area contributed by atoms with Crippen LogP contribution in [0.15, 0.2) is 53.0 Å². The van der Waals surface area contributed by atoms with E-state index in [1.54, 1.807) is 0 Å². The number of amides is 1. The lowest BCUT2D eigenvalue weighted by Crippen LogP contribution is -2.18. The van der Waals surface area contributed by atoms with Gasteiger partial charge in [-0.05, 0) is 61.4 Å². The van der Waals surface area contributed by atoms with E-state index in [0.717, 1.165) is 28.9 Å². The Morgan fingerprint density at radius 3 is 2.25 bits per heavy atom. The third-order valence-corrected chi connectivity index (χ3v) is 4.68. The number of halogens is 1. The fraction of sp³-hybridized carbons (Fsp3) is 0.316. The van der Waals surface area contributed by atoms with Crippen LogP contribution in [0.3, 0.4) is 0 Å². The van der Waals surface area contributed by atoms with Crippen molar-refractivity contribution < 1.29 is 4.79 Å². The zero-order chi connectivity index (χ0) is 16.8. The number of hydrogen-bond donors (Lipinski definition) is 2. The summed E-state index contributed by atoms with van der Waals surface area (Å²) in [6.07, 6.45) is 2.97. The van der Waals surface area contributed by atoms with Gasteiger partial charge in [0.15, 0.2) is 0 Å². The van der Waals surface area contributed by atoms with E-state index in [2.05, 4.69) is 43.6 Å². The number of nitrogens with zero attached hydrogens (tertiary/aromatic N) is 1. The molecule has 4 nitrogen and oxygen atoms in total. The third kappa shape index (κ3) is 4.74. The highest BCUT2D eigenvalue weighted by molar-refractivity contribution is 9.10. The van der Waals surface area contributed by atoms with Crippen molar-refractivity contribution in [1.82, 2.24) is 0 Å². The topological polar surface area (TPSA) is 44.4 Å². The van der Waals surface area contributed by atoms with Crippen molar-refractivity contribution in [2.24, 2.45) is 0 Å². The maximum atomic E-state index is 12.0. The summed E-state index contributed by atoms with van der Waals surface area (Å²) >= 11 is 3.41. The van der Waals surface area contributed by atoms with E-state index < -0.39 is 0 Å². The molecule has 1 aliphatic rings. The molecule has 0 atom stereocenters. The fourth-order valence-corrected chi connectivity index (χ4v) is 3.11. The van der Waals surface area contributed by atoms with Gasteiger partial charge in [-0.3, -0.25) is 4.79 Å². The molecule has 0 saturated carbocycles. The third-order valence-electron chi connectivity index (χ3n) is 4.15. The molecule has 1 fully saturated rings. The highest BCUT2D eigenvalue weighted by Crippen LogP contribution is 2.22. The van der Waals surface area contributed by atoms with Crippen LogP contribution in [0.25, 0.3) is 0 Å². The summed E-state index contributed by atoms with van der Waals surface area (Å²) in [4.78, 5) is 14.4. The lowest BCUT2D eigenvalue weighted by Gasteiger charge is -2.17. The molecule has 2 aromatic carbocycles. The standard InChI is InChI=1S/C19H22BrN3O/c20-15-3-5-16(6-4-15)21-12-11-19(24)22-17-7-9-18(10-8-17)23-13-1-2-14-23/h3-10,21H,1-2,11-14H2,(H,22,24). The molecule has 1 saturated heterocycles. The van der Waals surface area contributed by atoms with Crippen molar-refractivity contribution in [2.75, 3.05) is 35.2 Å². The Morgan fingerprint density at radius 2 is 1.58 bits per heavy atom. The number of benzene rings is 2. The first-order valence-corrected chi connectivity index (χ1v) is 9.14. The number of rotatable bonds is 6. The van der Waals surface area contributed by atoms with Crippen LogP contribution in [-0.2, 0) is 4.79 Å². The van der Waals surface area contributed by atoms with Gasteiger partial charge in [0.2, 0.25) is 5.91 Å². The quantitative estimate of drug-likeness (QED) is 0.767. The van der Waals surface area contributed by atoms with Gasteiger partial charge in [0.1, 0.15) is 0 Å². The summed E-state index contributed by atoms with van der Waals surface area (Å²) in [5.74, 6) is 0.0218. The van der Waals surface area contributed by atoms with Gasteiger partial charge in [0.05, 0.1) is 0 Å². The van der Waals surface area contributed by atoms with Gasteiger partial charge >= 0.3 is 0 Å². The van der Waals surface area contributed by atoms with Crippen molar-refractivity contribution in [3.05, 3.63) is 53.0 Å². The van der Waals surface area contributed by atoms with E-state index in [1.807, 2.05) is 36.4 Å². The molecule has 1 amide bonds. The Morgan fingerprint density at radius 1 is 0.958 bits per heavy atom. The molecule has 2 N–H and O–H groups in total. The van der Waals surface area contributed by atoms with Gasteiger partial charge in [-0.1, -0.05) is 15.9 Å². The number of nitrogens with one attached hydrogen (secondary N) is 2. The SMILES string of the molecule is O=C(CCNc1ccc(Br)cc1)Nc1ccc(N2CCCC2)cc1. The minimum Gasteiger partial charge on any atom is -0.385 e. The largest absolute Gasteiger partial charge is 0.385 e. The molecule has 2 aromatic rings. The van der Waals surface area contributed by atoms with Gasteiger partial charge in [-0.15, -0.1) is 0 Å². The van der Waals surface area contributed by atoms with Gasteiger partial charge in [-0.2, -0.15) is 0 Å². The lowest BCUT2D eigenvalue weighted by atomic mass is 10.2. The lowest BCUT2D eigenvalue weighted by molar-refractivity contribution is -0.115. The minimum absolute atomic E-state index is 0.0218. The van der Waals surface area contributed by atoms with E-state index in [-0.39, 0.29) is 5.91 Å². The van der Waals surface area contributed by atoms with E-state index in [1.165, 1.54) is 18.5 Å². The number of carbonyl (C=O) groups is 1. The summed E-state index contributed by atoms with van der Waals surface area (Å²) in [6.45, 7) is 2.88. The average Bonchev–Trinajstić information content (AvgIpc) is 3.12. The van der Waals surface area contributed by atoms with E-state index in [0.29, 0.717) is 13.0 Å². The summed E-state index contributed by atoms with van der Waals surface area (Å²) in [5, 5.41) is 6.20. The molecule has 126 valence electrons. The van der Waals surface area contributed by atoms with Gasteiger partial charge in [0.25, 0.3) is 0 Å². The van der Waals surface area contributed by atoms with Crippen LogP contribution in [-0.4, -0.2) is 25.5 Å². The van der Waals surface area contributed by atoms with Crippen molar-refractivity contribution in [3.8, 4) is 0 Å². The molecular weight excluding hydrogens is 366 g/mol. The Balaban J connectivity index is 1.43. The first-order valence-electron chi connectivity index (χ1n) is 8.35. The smallest absolute Gasteiger partial charge is 0.226 e. The van der Waals surface area contributed by atoms with Crippen LogP contribution in [0.5, 0.6) is 0 Å². The predicted octanol–water partition coefficient (Wildman–Crippen LogP) is 4.49. The van der Waals surface area contributed by atoms with Crippen LogP contribution >= 0.6 is 15.9 Å². The normalized spacial score (nSPS) is 13.8. The molecule has 0 spiro atoms. The summed E-state index contributed by atoms with van der Waals surface area (Å²) in [6, 6.07) is 16.1. The molecule has 1 aliphatic heterocycles. The molecule has 0 aromatic heterocycles. The number of hydrogen-bond acceptors (Lipinski definition) is 3. The van der Waals surface area contributed by atoms with E-state index in [9.17, 15) is 4.79 Å². The van der Waals surface area contributed by atoms with E-state index in [4.69, 9.17) is 0 Å². The first kappa shape index (κ1) is 16.8. The van der Waals surface area contributed by atoms with Crippen LogP contribution in [0.1, 0.15) is 19.3 Å². The minimum atomic E-state index is 0.0218. The number of anilines is 3. The second-order valence-electron chi connectivity index (χ2n) is 5.97. The molecule has 0 bridgehead atoms. The van der Waals surface area contributed by atoms with Gasteiger partial charge in [-0.25, -0.2) is 0 Å². The number of carbonyl (C=O) groups excluding carboxylic acids is 1. The molecule has 0 radical (unpaired) electrons. The van der Waals surface area contributed by atoms with Gasteiger partial charge in [0, 0.05) is 47.6 Å². The Bertz CT molecular complexity index is 664. The molecule has 24 heavy (non-hydrogen) atoms. The Kier molecular flexibility index (Phi) is 5.75. The fourth-order valence-electron chi connectivity index (χ4n) is 2.84. The average molecular weight is 388 g/mol. The van der Waals surface area contributed by atoms with E-state index >= 15 is 0 Å². The van der Waals surface area contributed by atoms with Crippen molar-refractivity contribution in [2.45, 2.75) is 19.3 Å². The Hall–Kier alpha value is -2.01. The zero-order valence-corrected chi connectivity index (χ0v) is 15.2. The molecule has 0 unspecified atom stereocenters. The highest BCUT2D eigenvalue weighted by atomic mass is 79.9. The first-order chi connectivity index (χ1) is 11.7. The molecule has 1 heterocycles. The molecule has 3 rings (SSSR count). The summed E-state index contributed by atoms with van der Waals surface area (Å²) in [7, 11) is 0. The van der Waals surface area contributed by atoms with Gasteiger partial charge < -0.3 is 15.5 Å². The molecule has 0 aliphatic carbocycles. The van der Waals surface area contributed by atoms with Crippen LogP contribution in [0.4, 0.5) is 17.1 Å². The zero-order valence-electron chi connectivity index (χ0n) is 13.6. The second kappa shape index (κ2) is 8.20. The van der Waals surface area contributed by atoms with Crippen molar-refractivity contribution >= 4 is 38.9 Å². The van der Waals surface area contributed by atoms with Crippen LogP contribution in [0.2, 0.25) is 0 Å². The van der Waals surface area contributed by atoms with Crippen molar-refractivity contribution in [1.29, 1.82) is 0 Å². The highest BCUT2D eigenvalue weighted by Gasteiger charge is 2.12. The monoisotopic (exact) mass is 387 g/mol. The van der Waals surface area contributed by atoms with Crippen molar-refractivity contribution in [3.63, 3.8) is 0 Å². The predicted molar refractivity (Wildman–Crippen MR) is 104 cm³/mol. The maximum absolute atomic E-state index is 12.0. The molecule has 5 heteroatoms. The summed E-state index contributed by atoms with van der Waals surface area (Å²) in [5.41, 5.74) is 3.11.